The zero-order valence-electron chi connectivity index (χ0n) is 28.9. The predicted octanol–water partition coefficient (Wildman–Crippen LogP) is 6.86. The molecular weight excluding hydrogens is 702 g/mol. The van der Waals surface area contributed by atoms with E-state index in [2.05, 4.69) is 11.1 Å². The number of benzene rings is 2. The molecule has 2 aliphatic carbocycles. The van der Waals surface area contributed by atoms with Gasteiger partial charge in [-0.15, -0.1) is 0 Å². The lowest BCUT2D eigenvalue weighted by Crippen LogP contribution is -2.41. The van der Waals surface area contributed by atoms with Gasteiger partial charge in [0.05, 0.1) is 34.7 Å². The fourth-order valence-electron chi connectivity index (χ4n) is 8.10. The molecule has 7 rings (SSSR count). The Bertz CT molecular complexity index is 1980. The van der Waals surface area contributed by atoms with Crippen molar-refractivity contribution in [3.63, 3.8) is 0 Å². The molecule has 14 heteroatoms. The maximum absolute atomic E-state index is 13.6. The lowest BCUT2D eigenvalue weighted by Gasteiger charge is -2.34. The minimum absolute atomic E-state index is 0.0116. The summed E-state index contributed by atoms with van der Waals surface area (Å²) in [7, 11) is 0. The van der Waals surface area contributed by atoms with Crippen molar-refractivity contribution >= 4 is 17.4 Å². The van der Waals surface area contributed by atoms with Crippen LogP contribution in [0, 0.1) is 11.8 Å². The average Bonchev–Trinajstić information content (AvgIpc) is 3.99. The number of alkyl halides is 6. The number of fused-ring (bicyclic) bond motifs is 1. The zero-order chi connectivity index (χ0) is 37.7. The van der Waals surface area contributed by atoms with Crippen molar-refractivity contribution in [3.8, 4) is 0 Å². The average molecular weight is 743 g/mol. The molecule has 1 atom stereocenters. The van der Waals surface area contributed by atoms with Gasteiger partial charge in [-0.25, -0.2) is 4.98 Å². The Balaban J connectivity index is 1.04. The molecule has 2 N–H and O–H groups in total. The largest absolute Gasteiger partial charge is 0.416 e. The van der Waals surface area contributed by atoms with E-state index in [1.165, 1.54) is 11.0 Å². The second-order valence-corrected chi connectivity index (χ2v) is 14.7. The molecule has 2 aliphatic heterocycles. The van der Waals surface area contributed by atoms with E-state index in [0.717, 1.165) is 47.7 Å². The van der Waals surface area contributed by atoms with E-state index < -0.39 is 46.8 Å². The second kappa shape index (κ2) is 14.1. The van der Waals surface area contributed by atoms with Gasteiger partial charge in [-0.05, 0) is 92.2 Å². The molecule has 8 nitrogen and oxygen atoms in total. The van der Waals surface area contributed by atoms with Crippen molar-refractivity contribution in [1.82, 2.24) is 19.8 Å². The van der Waals surface area contributed by atoms with Crippen LogP contribution >= 0.6 is 0 Å². The number of aliphatic hydroxyl groups excluding tert-OH is 1. The molecule has 0 spiro atoms. The maximum Gasteiger partial charge on any atom is 0.416 e. The number of hydrogen-bond acceptors (Lipinski definition) is 5. The van der Waals surface area contributed by atoms with Gasteiger partial charge >= 0.3 is 12.4 Å². The Morgan fingerprint density at radius 1 is 0.925 bits per heavy atom. The lowest BCUT2D eigenvalue weighted by molar-refractivity contribution is -0.185. The standard InChI is InChI=1S/C39H40F6N4O4/c40-38(41,42)27-11-9-24(10-12-27)34(52)48-18-13-23(14-19-48)25-4-1-6-28(20-25)37(15-16-37)36-46-31-8-3-17-49(22-30(31)33(51)47-36)35(53)32(50)26-5-2-7-29(21-26)39(43,44)45/h1-2,4-7,13,20-21,24,27,32,50H,3,8-12,14-19,22H2,(H,46,47,51)/t24-,27-,32-/m1/s1. The summed E-state index contributed by atoms with van der Waals surface area (Å²) >= 11 is 0. The van der Waals surface area contributed by atoms with Crippen LogP contribution in [-0.2, 0) is 34.1 Å². The Labute approximate surface area is 301 Å². The smallest absolute Gasteiger partial charge is 0.378 e. The molecule has 0 bridgehead atoms. The summed E-state index contributed by atoms with van der Waals surface area (Å²) in [4.78, 5) is 50.9. The van der Waals surface area contributed by atoms with Crippen LogP contribution in [0.5, 0.6) is 0 Å². The Kier molecular flexibility index (Phi) is 9.79. The molecule has 2 fully saturated rings. The van der Waals surface area contributed by atoms with Crippen molar-refractivity contribution < 1.29 is 41.0 Å². The topological polar surface area (TPSA) is 107 Å². The minimum atomic E-state index is -4.64. The Morgan fingerprint density at radius 3 is 2.32 bits per heavy atom. The number of H-pyrrole nitrogens is 1. The fraction of sp³-hybridized carbons (Fsp3) is 0.487. The highest BCUT2D eigenvalue weighted by Gasteiger charge is 2.49. The molecule has 3 heterocycles. The molecule has 2 saturated carbocycles. The van der Waals surface area contributed by atoms with E-state index in [-0.39, 0.29) is 61.7 Å². The normalized spacial score (nSPS) is 22.4. The van der Waals surface area contributed by atoms with Gasteiger partial charge in [-0.3, -0.25) is 14.4 Å². The first-order valence-corrected chi connectivity index (χ1v) is 18.1. The summed E-state index contributed by atoms with van der Waals surface area (Å²) in [6, 6.07) is 12.0. The third-order valence-corrected chi connectivity index (χ3v) is 11.4. The number of aryl methyl sites for hydroxylation is 1. The van der Waals surface area contributed by atoms with Crippen LogP contribution in [0.4, 0.5) is 26.3 Å². The number of amides is 2. The number of halogens is 6. The summed E-state index contributed by atoms with van der Waals surface area (Å²) in [5.74, 6) is -2.06. The number of rotatable bonds is 6. The van der Waals surface area contributed by atoms with Gasteiger partial charge in [0.25, 0.3) is 11.5 Å². The number of aromatic nitrogens is 2. The maximum atomic E-state index is 13.6. The molecule has 0 radical (unpaired) electrons. The summed E-state index contributed by atoms with van der Waals surface area (Å²) in [6.07, 6.45) is -5.25. The Morgan fingerprint density at radius 2 is 1.66 bits per heavy atom. The molecule has 0 unspecified atom stereocenters. The van der Waals surface area contributed by atoms with Crippen molar-refractivity contribution in [1.29, 1.82) is 0 Å². The highest BCUT2D eigenvalue weighted by atomic mass is 19.4. The number of carbonyl (C=O) groups is 2. The van der Waals surface area contributed by atoms with E-state index in [0.29, 0.717) is 43.9 Å². The number of nitrogens with zero attached hydrogens (tertiary/aromatic N) is 3. The predicted molar refractivity (Wildman–Crippen MR) is 182 cm³/mol. The van der Waals surface area contributed by atoms with Crippen LogP contribution in [0.2, 0.25) is 0 Å². The summed E-state index contributed by atoms with van der Waals surface area (Å²) in [5, 5.41) is 10.8. The van der Waals surface area contributed by atoms with E-state index in [4.69, 9.17) is 4.98 Å². The minimum Gasteiger partial charge on any atom is -0.378 e. The summed E-state index contributed by atoms with van der Waals surface area (Å²) in [6.45, 7) is 0.913. The van der Waals surface area contributed by atoms with Crippen LogP contribution < -0.4 is 5.56 Å². The third kappa shape index (κ3) is 7.52. The van der Waals surface area contributed by atoms with Crippen molar-refractivity contribution in [2.45, 2.75) is 88.2 Å². The number of hydrogen-bond donors (Lipinski definition) is 2. The molecule has 1 aromatic heterocycles. The van der Waals surface area contributed by atoms with Gasteiger partial charge in [0.15, 0.2) is 6.10 Å². The highest BCUT2D eigenvalue weighted by Crippen LogP contribution is 2.52. The van der Waals surface area contributed by atoms with Crippen molar-refractivity contribution in [2.24, 2.45) is 11.8 Å². The molecule has 282 valence electrons. The molecule has 0 saturated heterocycles. The molecular formula is C39H40F6N4O4. The third-order valence-electron chi connectivity index (χ3n) is 11.4. The zero-order valence-corrected chi connectivity index (χ0v) is 28.9. The van der Waals surface area contributed by atoms with E-state index in [1.54, 1.807) is 4.90 Å². The first-order chi connectivity index (χ1) is 25.1. The number of carbonyl (C=O) groups excluding carboxylic acids is 2. The van der Waals surface area contributed by atoms with Crippen LogP contribution in [0.25, 0.3) is 5.57 Å². The van der Waals surface area contributed by atoms with Gasteiger partial charge in [-0.1, -0.05) is 42.5 Å². The first-order valence-electron chi connectivity index (χ1n) is 18.1. The summed E-state index contributed by atoms with van der Waals surface area (Å²) < 4.78 is 79.1. The highest BCUT2D eigenvalue weighted by molar-refractivity contribution is 5.82. The second-order valence-electron chi connectivity index (χ2n) is 14.7. The van der Waals surface area contributed by atoms with Gasteiger partial charge in [0.2, 0.25) is 5.91 Å². The van der Waals surface area contributed by atoms with Crippen LogP contribution in [-0.4, -0.2) is 62.5 Å². The molecule has 53 heavy (non-hydrogen) atoms. The van der Waals surface area contributed by atoms with Crippen LogP contribution in [0.3, 0.4) is 0 Å². The number of nitrogens with one attached hydrogen (secondary N) is 1. The van der Waals surface area contributed by atoms with E-state index >= 15 is 0 Å². The number of aliphatic hydroxyl groups is 1. The van der Waals surface area contributed by atoms with Gasteiger partial charge in [0, 0.05) is 25.6 Å². The van der Waals surface area contributed by atoms with Crippen LogP contribution in [0.1, 0.15) is 96.8 Å². The fourth-order valence-corrected chi connectivity index (χ4v) is 8.10. The van der Waals surface area contributed by atoms with Gasteiger partial charge in [0.1, 0.15) is 5.82 Å². The van der Waals surface area contributed by atoms with Gasteiger partial charge < -0.3 is 19.9 Å². The van der Waals surface area contributed by atoms with E-state index in [1.807, 2.05) is 24.3 Å². The van der Waals surface area contributed by atoms with Crippen LogP contribution in [0.15, 0.2) is 59.4 Å². The number of aromatic amines is 1. The first kappa shape index (κ1) is 36.9. The lowest BCUT2D eigenvalue weighted by atomic mass is 9.81. The summed E-state index contributed by atoms with van der Waals surface area (Å²) in [5.41, 5.74) is 1.76. The molecule has 2 aromatic carbocycles. The van der Waals surface area contributed by atoms with Crippen molar-refractivity contribution in [2.75, 3.05) is 19.6 Å². The Hall–Kier alpha value is -4.46. The molecule has 4 aliphatic rings. The monoisotopic (exact) mass is 742 g/mol. The molecule has 2 amide bonds. The van der Waals surface area contributed by atoms with Crippen molar-refractivity contribution in [3.05, 3.63) is 104 Å². The van der Waals surface area contributed by atoms with E-state index in [9.17, 15) is 45.8 Å². The molecule has 3 aromatic rings. The quantitative estimate of drug-likeness (QED) is 0.269. The SMILES string of the molecule is O=C([C@H](O)c1cccc(C(F)(F)F)c1)N1CCCc2nc(C3(c4cccc(C5=CCN(C(=O)[C@H]6CC[C@H](C(F)(F)F)CC6)CC5)c4)CC3)[nH]c(=O)c2C1. The van der Waals surface area contributed by atoms with Gasteiger partial charge in [-0.2, -0.15) is 26.3 Å².